The molecule has 1 N–H and O–H groups in total. The third-order valence-corrected chi connectivity index (χ3v) is 1.89. The Morgan fingerprint density at radius 2 is 2.29 bits per heavy atom. The lowest BCUT2D eigenvalue weighted by Gasteiger charge is -1.98. The summed E-state index contributed by atoms with van der Waals surface area (Å²) >= 11 is 0. The van der Waals surface area contributed by atoms with Gasteiger partial charge in [0.2, 0.25) is 0 Å². The van der Waals surface area contributed by atoms with Crippen LogP contribution in [0.4, 0.5) is 0 Å². The van der Waals surface area contributed by atoms with Gasteiger partial charge in [0.25, 0.3) is 0 Å². The molecule has 0 spiro atoms. The zero-order chi connectivity index (χ0) is 10.6. The number of carbonyl (C=O) groups is 1. The third-order valence-electron chi connectivity index (χ3n) is 1.89. The summed E-state index contributed by atoms with van der Waals surface area (Å²) in [6, 6.07) is 5.54. The Hall–Kier alpha value is -1.64. The van der Waals surface area contributed by atoms with Gasteiger partial charge in [0, 0.05) is 11.3 Å². The van der Waals surface area contributed by atoms with Gasteiger partial charge in [0.05, 0.1) is 5.69 Å². The number of aliphatic carboxylic acids is 1. The lowest BCUT2D eigenvalue weighted by Crippen LogP contribution is -1.99. The molecule has 1 rings (SSSR count). The fraction of sp³-hybridized carbons (Fsp3) is 0.273. The molecule has 0 saturated heterocycles. The van der Waals surface area contributed by atoms with E-state index in [9.17, 15) is 4.79 Å². The first-order valence-electron chi connectivity index (χ1n) is 4.51. The summed E-state index contributed by atoms with van der Waals surface area (Å²) in [6.45, 7) is 3.69. The quantitative estimate of drug-likeness (QED) is 0.745. The van der Waals surface area contributed by atoms with Crippen LogP contribution in [-0.2, 0) is 4.79 Å². The van der Waals surface area contributed by atoms with Gasteiger partial charge in [-0.1, -0.05) is 13.0 Å². The normalized spacial score (nSPS) is 11.4. The lowest BCUT2D eigenvalue weighted by atomic mass is 10.1. The molecule has 0 radical (unpaired) electrons. The second-order valence-corrected chi connectivity index (χ2v) is 3.03. The molecule has 0 atom stereocenters. The first kappa shape index (κ1) is 10.4. The number of carboxylic acid groups (broad SMARTS) is 1. The largest absolute Gasteiger partial charge is 0.478 e. The number of rotatable bonds is 3. The highest BCUT2D eigenvalue weighted by Gasteiger charge is 2.04. The number of hydrogen-bond donors (Lipinski definition) is 1. The number of nitrogens with zero attached hydrogens (tertiary/aromatic N) is 1. The molecule has 0 bridgehead atoms. The smallest absolute Gasteiger partial charge is 0.331 e. The van der Waals surface area contributed by atoms with E-state index in [1.165, 1.54) is 0 Å². The van der Waals surface area contributed by atoms with Crippen molar-refractivity contribution in [2.75, 3.05) is 0 Å². The molecule has 0 unspecified atom stereocenters. The highest BCUT2D eigenvalue weighted by atomic mass is 16.4. The maximum absolute atomic E-state index is 10.7. The standard InChI is InChI=1S/C11H13NO2/c1-3-9(11(13)14)7-10-6-4-5-8(2)12-10/h4-7H,3H2,1-2H3,(H,13,14). The molecular weight excluding hydrogens is 178 g/mol. The Kier molecular flexibility index (Phi) is 3.40. The molecule has 0 aromatic carbocycles. The average molecular weight is 191 g/mol. The van der Waals surface area contributed by atoms with Crippen molar-refractivity contribution in [2.45, 2.75) is 20.3 Å². The zero-order valence-electron chi connectivity index (χ0n) is 8.32. The molecule has 1 aromatic rings. The van der Waals surface area contributed by atoms with Crippen molar-refractivity contribution in [3.8, 4) is 0 Å². The van der Waals surface area contributed by atoms with Gasteiger partial charge in [-0.05, 0) is 31.6 Å². The van der Waals surface area contributed by atoms with Gasteiger partial charge in [-0.3, -0.25) is 4.98 Å². The van der Waals surface area contributed by atoms with Gasteiger partial charge in [0.15, 0.2) is 0 Å². The Bertz CT molecular complexity index is 369. The Morgan fingerprint density at radius 3 is 2.79 bits per heavy atom. The van der Waals surface area contributed by atoms with Crippen molar-refractivity contribution in [2.24, 2.45) is 0 Å². The van der Waals surface area contributed by atoms with E-state index in [1.54, 1.807) is 12.1 Å². The van der Waals surface area contributed by atoms with E-state index in [0.717, 1.165) is 5.69 Å². The van der Waals surface area contributed by atoms with E-state index in [1.807, 2.05) is 26.0 Å². The monoisotopic (exact) mass is 191 g/mol. The van der Waals surface area contributed by atoms with Gasteiger partial charge in [-0.15, -0.1) is 0 Å². The summed E-state index contributed by atoms with van der Waals surface area (Å²) < 4.78 is 0. The molecule has 0 aliphatic carbocycles. The molecule has 0 saturated carbocycles. The minimum absolute atomic E-state index is 0.378. The van der Waals surface area contributed by atoms with E-state index in [-0.39, 0.29) is 0 Å². The predicted molar refractivity (Wildman–Crippen MR) is 54.9 cm³/mol. The van der Waals surface area contributed by atoms with Crippen molar-refractivity contribution in [3.05, 3.63) is 35.2 Å². The van der Waals surface area contributed by atoms with E-state index in [0.29, 0.717) is 17.7 Å². The number of carboxylic acids is 1. The van der Waals surface area contributed by atoms with Crippen LogP contribution in [0.2, 0.25) is 0 Å². The fourth-order valence-electron chi connectivity index (χ4n) is 1.14. The molecule has 1 aromatic heterocycles. The summed E-state index contributed by atoms with van der Waals surface area (Å²) in [5.74, 6) is -0.879. The summed E-state index contributed by atoms with van der Waals surface area (Å²) in [4.78, 5) is 14.9. The van der Waals surface area contributed by atoms with E-state index < -0.39 is 5.97 Å². The molecule has 0 aliphatic rings. The van der Waals surface area contributed by atoms with Crippen molar-refractivity contribution in [1.82, 2.24) is 4.98 Å². The molecule has 74 valence electrons. The summed E-state index contributed by atoms with van der Waals surface area (Å²) in [7, 11) is 0. The van der Waals surface area contributed by atoms with Crippen molar-refractivity contribution in [1.29, 1.82) is 0 Å². The topological polar surface area (TPSA) is 50.2 Å². The number of hydrogen-bond acceptors (Lipinski definition) is 2. The van der Waals surface area contributed by atoms with Crippen molar-refractivity contribution >= 4 is 12.0 Å². The number of aromatic nitrogens is 1. The maximum Gasteiger partial charge on any atom is 0.331 e. The van der Waals surface area contributed by atoms with Crippen molar-refractivity contribution in [3.63, 3.8) is 0 Å². The third kappa shape index (κ3) is 2.69. The summed E-state index contributed by atoms with van der Waals surface area (Å²) in [5.41, 5.74) is 1.96. The van der Waals surface area contributed by atoms with Crippen LogP contribution < -0.4 is 0 Å². The molecule has 1 heterocycles. The molecule has 3 nitrogen and oxygen atoms in total. The van der Waals surface area contributed by atoms with Gasteiger partial charge < -0.3 is 5.11 Å². The first-order valence-corrected chi connectivity index (χ1v) is 4.51. The Balaban J connectivity index is 3.00. The van der Waals surface area contributed by atoms with Gasteiger partial charge in [-0.25, -0.2) is 4.79 Å². The second kappa shape index (κ2) is 4.56. The Morgan fingerprint density at radius 1 is 1.57 bits per heavy atom. The van der Waals surface area contributed by atoms with Crippen molar-refractivity contribution < 1.29 is 9.90 Å². The number of pyridine rings is 1. The van der Waals surface area contributed by atoms with E-state index in [4.69, 9.17) is 5.11 Å². The van der Waals surface area contributed by atoms with Crippen LogP contribution in [0.5, 0.6) is 0 Å². The molecular formula is C11H13NO2. The molecule has 3 heteroatoms. The van der Waals surface area contributed by atoms with Gasteiger partial charge >= 0.3 is 5.97 Å². The average Bonchev–Trinajstić information content (AvgIpc) is 2.14. The minimum atomic E-state index is -0.879. The molecule has 0 fully saturated rings. The minimum Gasteiger partial charge on any atom is -0.478 e. The van der Waals surface area contributed by atoms with Crippen LogP contribution in [0.1, 0.15) is 24.7 Å². The summed E-state index contributed by atoms with van der Waals surface area (Å²) in [6.07, 6.45) is 2.11. The maximum atomic E-state index is 10.7. The second-order valence-electron chi connectivity index (χ2n) is 3.03. The summed E-state index contributed by atoms with van der Waals surface area (Å²) in [5, 5.41) is 8.81. The first-order chi connectivity index (χ1) is 6.63. The highest BCUT2D eigenvalue weighted by molar-refractivity contribution is 5.91. The Labute approximate surface area is 83.1 Å². The van der Waals surface area contributed by atoms with Crippen LogP contribution in [0.25, 0.3) is 6.08 Å². The van der Waals surface area contributed by atoms with Gasteiger partial charge in [-0.2, -0.15) is 0 Å². The number of aryl methyl sites for hydroxylation is 1. The fourth-order valence-corrected chi connectivity index (χ4v) is 1.14. The zero-order valence-corrected chi connectivity index (χ0v) is 8.32. The molecule has 0 amide bonds. The van der Waals surface area contributed by atoms with Crippen LogP contribution in [0, 0.1) is 6.92 Å². The van der Waals surface area contributed by atoms with E-state index in [2.05, 4.69) is 4.98 Å². The van der Waals surface area contributed by atoms with Crippen LogP contribution in [-0.4, -0.2) is 16.1 Å². The van der Waals surface area contributed by atoms with Gasteiger partial charge in [0.1, 0.15) is 0 Å². The highest BCUT2D eigenvalue weighted by Crippen LogP contribution is 2.08. The van der Waals surface area contributed by atoms with Crippen LogP contribution in [0.3, 0.4) is 0 Å². The predicted octanol–water partition coefficient (Wildman–Crippen LogP) is 2.27. The lowest BCUT2D eigenvalue weighted by molar-refractivity contribution is -0.132. The SMILES string of the molecule is CCC(=Cc1cccc(C)n1)C(=O)O. The van der Waals surface area contributed by atoms with Crippen LogP contribution in [0.15, 0.2) is 23.8 Å². The van der Waals surface area contributed by atoms with E-state index >= 15 is 0 Å². The molecule has 0 aliphatic heterocycles. The molecule has 14 heavy (non-hydrogen) atoms. The van der Waals surface area contributed by atoms with Crippen LogP contribution >= 0.6 is 0 Å².